The molecule has 0 radical (unpaired) electrons. The van der Waals surface area contributed by atoms with Crippen LogP contribution in [0.5, 0.6) is 0 Å². The van der Waals surface area contributed by atoms with Gasteiger partial charge in [0, 0.05) is 6.04 Å². The smallest absolute Gasteiger partial charge is 0.00671 e. The first kappa shape index (κ1) is 9.51. The van der Waals surface area contributed by atoms with Crippen LogP contribution in [0.4, 0.5) is 0 Å². The molecular weight excluding hydrogens is 158 g/mol. The third-order valence-corrected chi connectivity index (χ3v) is 4.06. The predicted octanol–water partition coefficient (Wildman–Crippen LogP) is 2.95. The van der Waals surface area contributed by atoms with Gasteiger partial charge < -0.3 is 5.32 Å². The molecule has 0 aromatic rings. The summed E-state index contributed by atoms with van der Waals surface area (Å²) in [5.74, 6) is 2.00. The van der Waals surface area contributed by atoms with Crippen LogP contribution in [0.1, 0.15) is 51.9 Å². The van der Waals surface area contributed by atoms with E-state index in [0.717, 1.165) is 17.9 Å². The molecule has 13 heavy (non-hydrogen) atoms. The fraction of sp³-hybridized carbons (Fsp3) is 1.00. The van der Waals surface area contributed by atoms with E-state index in [0.29, 0.717) is 0 Å². The molecule has 0 amide bonds. The summed E-state index contributed by atoms with van der Waals surface area (Å²) in [4.78, 5) is 0. The Labute approximate surface area is 82.3 Å². The average Bonchev–Trinajstić information content (AvgIpc) is 2.52. The lowest BCUT2D eigenvalue weighted by atomic mass is 9.85. The summed E-state index contributed by atoms with van der Waals surface area (Å²) in [6.07, 6.45) is 10.3. The van der Waals surface area contributed by atoms with Gasteiger partial charge in [-0.05, 0) is 51.0 Å². The second-order valence-electron chi connectivity index (χ2n) is 5.04. The summed E-state index contributed by atoms with van der Waals surface area (Å²) < 4.78 is 0. The SMILES string of the molecule is CC(NCC1CCC1)C1CCCC1. The molecule has 1 heteroatoms. The molecule has 2 aliphatic carbocycles. The lowest BCUT2D eigenvalue weighted by Crippen LogP contribution is -2.37. The minimum Gasteiger partial charge on any atom is -0.314 e. The van der Waals surface area contributed by atoms with E-state index in [4.69, 9.17) is 0 Å². The molecule has 0 aromatic heterocycles. The van der Waals surface area contributed by atoms with E-state index in [9.17, 15) is 0 Å². The van der Waals surface area contributed by atoms with Crippen LogP contribution in [0.3, 0.4) is 0 Å². The zero-order valence-corrected chi connectivity index (χ0v) is 8.89. The van der Waals surface area contributed by atoms with Crippen molar-refractivity contribution in [1.82, 2.24) is 5.32 Å². The summed E-state index contributed by atoms with van der Waals surface area (Å²) in [7, 11) is 0. The van der Waals surface area contributed by atoms with Gasteiger partial charge in [-0.15, -0.1) is 0 Å². The van der Waals surface area contributed by atoms with E-state index in [1.165, 1.54) is 51.5 Å². The average molecular weight is 181 g/mol. The normalized spacial score (nSPS) is 27.5. The highest BCUT2D eigenvalue weighted by Gasteiger charge is 2.23. The fourth-order valence-corrected chi connectivity index (χ4v) is 2.67. The van der Waals surface area contributed by atoms with Crippen LogP contribution in [0.25, 0.3) is 0 Å². The maximum Gasteiger partial charge on any atom is 0.00671 e. The Balaban J connectivity index is 1.62. The van der Waals surface area contributed by atoms with Gasteiger partial charge in [0.2, 0.25) is 0 Å². The summed E-state index contributed by atoms with van der Waals surface area (Å²) >= 11 is 0. The van der Waals surface area contributed by atoms with Crippen LogP contribution in [-0.2, 0) is 0 Å². The van der Waals surface area contributed by atoms with Gasteiger partial charge in [-0.1, -0.05) is 19.3 Å². The highest BCUT2D eigenvalue weighted by atomic mass is 14.9. The van der Waals surface area contributed by atoms with Crippen LogP contribution in [0.15, 0.2) is 0 Å². The number of rotatable bonds is 4. The van der Waals surface area contributed by atoms with E-state index >= 15 is 0 Å². The monoisotopic (exact) mass is 181 g/mol. The highest BCUT2D eigenvalue weighted by Crippen LogP contribution is 2.29. The molecule has 0 spiro atoms. The van der Waals surface area contributed by atoms with Crippen LogP contribution >= 0.6 is 0 Å². The maximum absolute atomic E-state index is 3.73. The molecule has 0 bridgehead atoms. The van der Waals surface area contributed by atoms with Gasteiger partial charge in [0.15, 0.2) is 0 Å². The number of hydrogen-bond donors (Lipinski definition) is 1. The van der Waals surface area contributed by atoms with Crippen molar-refractivity contribution in [2.75, 3.05) is 6.54 Å². The fourth-order valence-electron chi connectivity index (χ4n) is 2.67. The van der Waals surface area contributed by atoms with Crippen molar-refractivity contribution in [3.05, 3.63) is 0 Å². The van der Waals surface area contributed by atoms with Crippen molar-refractivity contribution in [3.8, 4) is 0 Å². The summed E-state index contributed by atoms with van der Waals surface area (Å²) in [5, 5.41) is 3.73. The molecule has 0 aliphatic heterocycles. The Morgan fingerprint density at radius 1 is 1.08 bits per heavy atom. The predicted molar refractivity (Wildman–Crippen MR) is 56.8 cm³/mol. The minimum atomic E-state index is 0.781. The molecule has 1 N–H and O–H groups in total. The Morgan fingerprint density at radius 2 is 1.77 bits per heavy atom. The number of nitrogens with one attached hydrogen (secondary N) is 1. The molecule has 2 saturated carbocycles. The largest absolute Gasteiger partial charge is 0.314 e. The summed E-state index contributed by atoms with van der Waals surface area (Å²) in [6.45, 7) is 3.67. The molecule has 1 nitrogen and oxygen atoms in total. The van der Waals surface area contributed by atoms with Crippen molar-refractivity contribution in [2.24, 2.45) is 11.8 Å². The van der Waals surface area contributed by atoms with Gasteiger partial charge in [0.25, 0.3) is 0 Å². The quantitative estimate of drug-likeness (QED) is 0.703. The van der Waals surface area contributed by atoms with Crippen molar-refractivity contribution < 1.29 is 0 Å². The van der Waals surface area contributed by atoms with Gasteiger partial charge >= 0.3 is 0 Å². The lowest BCUT2D eigenvalue weighted by molar-refractivity contribution is 0.271. The Kier molecular flexibility index (Phi) is 3.26. The first-order chi connectivity index (χ1) is 6.36. The van der Waals surface area contributed by atoms with Gasteiger partial charge in [0.05, 0.1) is 0 Å². The van der Waals surface area contributed by atoms with Gasteiger partial charge in [0.1, 0.15) is 0 Å². The third kappa shape index (κ3) is 2.46. The Hall–Kier alpha value is -0.0400. The van der Waals surface area contributed by atoms with Crippen LogP contribution < -0.4 is 5.32 Å². The van der Waals surface area contributed by atoms with E-state index in [1.54, 1.807) is 0 Å². The molecule has 0 heterocycles. The van der Waals surface area contributed by atoms with Crippen molar-refractivity contribution in [2.45, 2.75) is 57.9 Å². The molecule has 76 valence electrons. The molecule has 0 saturated heterocycles. The topological polar surface area (TPSA) is 12.0 Å². The highest BCUT2D eigenvalue weighted by molar-refractivity contribution is 4.79. The van der Waals surface area contributed by atoms with E-state index in [1.807, 2.05) is 0 Å². The zero-order chi connectivity index (χ0) is 9.10. The Morgan fingerprint density at radius 3 is 2.31 bits per heavy atom. The van der Waals surface area contributed by atoms with Gasteiger partial charge in [-0.25, -0.2) is 0 Å². The van der Waals surface area contributed by atoms with Crippen LogP contribution in [0.2, 0.25) is 0 Å². The van der Waals surface area contributed by atoms with Crippen LogP contribution in [-0.4, -0.2) is 12.6 Å². The molecular formula is C12H23N. The van der Waals surface area contributed by atoms with Gasteiger partial charge in [-0.2, -0.15) is 0 Å². The first-order valence-corrected chi connectivity index (χ1v) is 6.09. The van der Waals surface area contributed by atoms with E-state index in [2.05, 4.69) is 12.2 Å². The van der Waals surface area contributed by atoms with Gasteiger partial charge in [-0.3, -0.25) is 0 Å². The summed E-state index contributed by atoms with van der Waals surface area (Å²) in [6, 6.07) is 0.781. The minimum absolute atomic E-state index is 0.781. The second kappa shape index (κ2) is 4.45. The standard InChI is InChI=1S/C12H23N/c1-10(12-7-2-3-8-12)13-9-11-5-4-6-11/h10-13H,2-9H2,1H3. The number of hydrogen-bond acceptors (Lipinski definition) is 1. The molecule has 2 rings (SSSR count). The lowest BCUT2D eigenvalue weighted by Gasteiger charge is -2.29. The van der Waals surface area contributed by atoms with Crippen molar-refractivity contribution in [1.29, 1.82) is 0 Å². The summed E-state index contributed by atoms with van der Waals surface area (Å²) in [5.41, 5.74) is 0. The maximum atomic E-state index is 3.73. The third-order valence-electron chi connectivity index (χ3n) is 4.06. The molecule has 1 unspecified atom stereocenters. The molecule has 2 aliphatic rings. The Bertz CT molecular complexity index is 145. The molecule has 0 aromatic carbocycles. The van der Waals surface area contributed by atoms with E-state index < -0.39 is 0 Å². The second-order valence-corrected chi connectivity index (χ2v) is 5.04. The molecule has 2 fully saturated rings. The van der Waals surface area contributed by atoms with Crippen molar-refractivity contribution in [3.63, 3.8) is 0 Å². The van der Waals surface area contributed by atoms with E-state index in [-0.39, 0.29) is 0 Å². The zero-order valence-electron chi connectivity index (χ0n) is 8.89. The van der Waals surface area contributed by atoms with Crippen molar-refractivity contribution >= 4 is 0 Å². The van der Waals surface area contributed by atoms with Crippen LogP contribution in [0, 0.1) is 11.8 Å². The first-order valence-electron chi connectivity index (χ1n) is 6.09. The molecule has 1 atom stereocenters.